The maximum Gasteiger partial charge on any atom is 0.241 e. The lowest BCUT2D eigenvalue weighted by Gasteiger charge is -2.08. The number of rotatable bonds is 6. The van der Waals surface area contributed by atoms with Gasteiger partial charge in [0.15, 0.2) is 11.6 Å². The third kappa shape index (κ3) is 3.92. The fourth-order valence-electron chi connectivity index (χ4n) is 2.35. The molecule has 0 saturated heterocycles. The van der Waals surface area contributed by atoms with Crippen molar-refractivity contribution in [3.05, 3.63) is 64.9 Å². The average molecular weight is 392 g/mol. The molecule has 3 rings (SSSR count). The summed E-state index contributed by atoms with van der Waals surface area (Å²) in [5, 5.41) is 0.827. The van der Waals surface area contributed by atoms with Gasteiger partial charge in [-0.25, -0.2) is 22.5 Å². The molecule has 26 heavy (non-hydrogen) atoms. The molecular weight excluding hydrogens is 375 g/mol. The molecule has 0 fully saturated rings. The Hall–Kier alpha value is -2.29. The molecule has 1 heterocycles. The molecule has 0 unspecified atom stereocenters. The van der Waals surface area contributed by atoms with Crippen LogP contribution in [0, 0.1) is 12.7 Å². The second kappa shape index (κ2) is 7.53. The van der Waals surface area contributed by atoms with E-state index in [-0.39, 0.29) is 17.2 Å². The molecule has 0 aliphatic heterocycles. The van der Waals surface area contributed by atoms with E-state index in [4.69, 9.17) is 4.74 Å². The van der Waals surface area contributed by atoms with Crippen LogP contribution in [-0.4, -0.2) is 20.5 Å². The van der Waals surface area contributed by atoms with Crippen molar-refractivity contribution in [3.63, 3.8) is 0 Å². The zero-order valence-electron chi connectivity index (χ0n) is 14.2. The Labute approximate surface area is 155 Å². The van der Waals surface area contributed by atoms with Crippen molar-refractivity contribution in [1.29, 1.82) is 0 Å². The van der Waals surface area contributed by atoms with Crippen molar-refractivity contribution in [3.8, 4) is 16.3 Å². The largest absolute Gasteiger partial charge is 0.494 e. The molecule has 2 aromatic carbocycles. The second-order valence-corrected chi connectivity index (χ2v) is 8.37. The van der Waals surface area contributed by atoms with Crippen LogP contribution in [0.5, 0.6) is 5.75 Å². The molecule has 1 aromatic heterocycles. The highest BCUT2D eigenvalue weighted by atomic mass is 32.2. The number of hydrogen-bond donors (Lipinski definition) is 1. The second-order valence-electron chi connectivity index (χ2n) is 5.51. The zero-order valence-corrected chi connectivity index (χ0v) is 15.8. The summed E-state index contributed by atoms with van der Waals surface area (Å²) in [6.45, 7) is 1.92. The SMILES string of the molecule is COc1ccc(S(=O)(=O)NCc2sc(-c3ccccc3)nc2C)cc1F. The molecule has 0 saturated carbocycles. The molecule has 0 spiro atoms. The predicted molar refractivity (Wildman–Crippen MR) is 99.3 cm³/mol. The topological polar surface area (TPSA) is 68.3 Å². The van der Waals surface area contributed by atoms with Gasteiger partial charge >= 0.3 is 0 Å². The average Bonchev–Trinajstić information content (AvgIpc) is 3.01. The molecular formula is C18H17FN2O3S2. The number of hydrogen-bond acceptors (Lipinski definition) is 5. The van der Waals surface area contributed by atoms with Gasteiger partial charge in [0.2, 0.25) is 10.0 Å². The fraction of sp³-hybridized carbons (Fsp3) is 0.167. The van der Waals surface area contributed by atoms with Gasteiger partial charge in [0.05, 0.1) is 17.7 Å². The predicted octanol–water partition coefficient (Wildman–Crippen LogP) is 3.74. The van der Waals surface area contributed by atoms with Crippen molar-refractivity contribution < 1.29 is 17.5 Å². The molecule has 0 radical (unpaired) electrons. The normalized spacial score (nSPS) is 11.5. The van der Waals surface area contributed by atoms with E-state index in [0.717, 1.165) is 27.2 Å². The molecule has 8 heteroatoms. The van der Waals surface area contributed by atoms with E-state index in [1.54, 1.807) is 0 Å². The Morgan fingerprint density at radius 3 is 2.58 bits per heavy atom. The number of nitrogens with zero attached hydrogens (tertiary/aromatic N) is 1. The van der Waals surface area contributed by atoms with Crippen molar-refractivity contribution in [2.24, 2.45) is 0 Å². The lowest BCUT2D eigenvalue weighted by Crippen LogP contribution is -2.23. The Morgan fingerprint density at radius 2 is 1.92 bits per heavy atom. The van der Waals surface area contributed by atoms with Crippen LogP contribution in [-0.2, 0) is 16.6 Å². The van der Waals surface area contributed by atoms with E-state index >= 15 is 0 Å². The van der Waals surface area contributed by atoms with E-state index in [0.29, 0.717) is 0 Å². The highest BCUT2D eigenvalue weighted by molar-refractivity contribution is 7.89. The van der Waals surface area contributed by atoms with Crippen molar-refractivity contribution in [2.75, 3.05) is 7.11 Å². The first-order valence-electron chi connectivity index (χ1n) is 7.75. The first-order valence-corrected chi connectivity index (χ1v) is 10.1. The molecule has 3 aromatic rings. The molecule has 5 nitrogen and oxygen atoms in total. The maximum atomic E-state index is 13.8. The summed E-state index contributed by atoms with van der Waals surface area (Å²) >= 11 is 1.43. The Balaban J connectivity index is 1.78. The summed E-state index contributed by atoms with van der Waals surface area (Å²) in [6.07, 6.45) is 0. The minimum Gasteiger partial charge on any atom is -0.494 e. The minimum atomic E-state index is -3.84. The third-order valence-electron chi connectivity index (χ3n) is 3.77. The third-order valence-corrected chi connectivity index (χ3v) is 6.38. The van der Waals surface area contributed by atoms with Crippen molar-refractivity contribution in [2.45, 2.75) is 18.4 Å². The quantitative estimate of drug-likeness (QED) is 0.694. The molecule has 1 N–H and O–H groups in total. The Bertz CT molecular complexity index is 1020. The first kappa shape index (κ1) is 18.5. The smallest absolute Gasteiger partial charge is 0.241 e. The number of aromatic nitrogens is 1. The Morgan fingerprint density at radius 1 is 1.19 bits per heavy atom. The van der Waals surface area contributed by atoms with Crippen LogP contribution in [0.2, 0.25) is 0 Å². The Kier molecular flexibility index (Phi) is 5.36. The van der Waals surface area contributed by atoms with Crippen LogP contribution in [0.3, 0.4) is 0 Å². The summed E-state index contributed by atoms with van der Waals surface area (Å²) in [4.78, 5) is 5.15. The van der Waals surface area contributed by atoms with E-state index in [1.807, 2.05) is 37.3 Å². The number of thiazole rings is 1. The number of aryl methyl sites for hydroxylation is 1. The summed E-state index contributed by atoms with van der Waals surface area (Å²) < 4.78 is 45.9. The van der Waals surface area contributed by atoms with E-state index in [1.165, 1.54) is 30.6 Å². The van der Waals surface area contributed by atoms with Gasteiger partial charge in [-0.05, 0) is 25.1 Å². The van der Waals surface area contributed by atoms with E-state index < -0.39 is 15.8 Å². The standard InChI is InChI=1S/C18H17FN2O3S2/c1-12-17(25-18(21-12)13-6-4-3-5-7-13)11-20-26(22,23)14-8-9-16(24-2)15(19)10-14/h3-10,20H,11H2,1-2H3. The van der Waals surface area contributed by atoms with Crippen LogP contribution < -0.4 is 9.46 Å². The van der Waals surface area contributed by atoms with Crippen LogP contribution in [0.25, 0.3) is 10.6 Å². The van der Waals surface area contributed by atoms with Gasteiger partial charge in [0, 0.05) is 17.0 Å². The molecule has 0 amide bonds. The first-order chi connectivity index (χ1) is 12.4. The zero-order chi connectivity index (χ0) is 18.7. The van der Waals surface area contributed by atoms with E-state index in [2.05, 4.69) is 9.71 Å². The molecule has 0 atom stereocenters. The maximum absolute atomic E-state index is 13.8. The van der Waals surface area contributed by atoms with Crippen LogP contribution in [0.1, 0.15) is 10.6 Å². The number of sulfonamides is 1. The summed E-state index contributed by atoms with van der Waals surface area (Å²) in [5.74, 6) is -0.731. The fourth-order valence-corrected chi connectivity index (χ4v) is 4.46. The van der Waals surface area contributed by atoms with Gasteiger partial charge in [-0.15, -0.1) is 11.3 Å². The highest BCUT2D eigenvalue weighted by Crippen LogP contribution is 2.28. The highest BCUT2D eigenvalue weighted by Gasteiger charge is 2.18. The molecule has 136 valence electrons. The van der Waals surface area contributed by atoms with E-state index in [9.17, 15) is 12.8 Å². The van der Waals surface area contributed by atoms with Crippen molar-refractivity contribution >= 4 is 21.4 Å². The van der Waals surface area contributed by atoms with Gasteiger partial charge in [-0.2, -0.15) is 0 Å². The van der Waals surface area contributed by atoms with Gasteiger partial charge in [-0.3, -0.25) is 0 Å². The van der Waals surface area contributed by atoms with Crippen LogP contribution >= 0.6 is 11.3 Å². The molecule has 0 aliphatic rings. The van der Waals surface area contributed by atoms with Crippen molar-refractivity contribution in [1.82, 2.24) is 9.71 Å². The van der Waals surface area contributed by atoms with Crippen LogP contribution in [0.4, 0.5) is 4.39 Å². The summed E-state index contributed by atoms with van der Waals surface area (Å²) in [6, 6.07) is 13.2. The van der Waals surface area contributed by atoms with Gasteiger partial charge in [-0.1, -0.05) is 30.3 Å². The number of ether oxygens (including phenoxy) is 1. The van der Waals surface area contributed by atoms with Gasteiger partial charge < -0.3 is 4.74 Å². The summed E-state index contributed by atoms with van der Waals surface area (Å²) in [5.41, 5.74) is 1.74. The number of methoxy groups -OCH3 is 1. The number of halogens is 1. The van der Waals surface area contributed by atoms with Crippen LogP contribution in [0.15, 0.2) is 53.4 Å². The monoisotopic (exact) mass is 392 g/mol. The summed E-state index contributed by atoms with van der Waals surface area (Å²) in [7, 11) is -2.52. The van der Waals surface area contributed by atoms with Gasteiger partial charge in [0.25, 0.3) is 0 Å². The molecule has 0 bridgehead atoms. The number of benzene rings is 2. The molecule has 0 aliphatic carbocycles. The lowest BCUT2D eigenvalue weighted by atomic mass is 10.2. The minimum absolute atomic E-state index is 0.00486. The van der Waals surface area contributed by atoms with Gasteiger partial charge in [0.1, 0.15) is 5.01 Å². The lowest BCUT2D eigenvalue weighted by molar-refractivity contribution is 0.385. The number of nitrogens with one attached hydrogen (secondary N) is 1.